The van der Waals surface area contributed by atoms with Gasteiger partial charge in [0.2, 0.25) is 0 Å². The van der Waals surface area contributed by atoms with E-state index in [9.17, 15) is 0 Å². The van der Waals surface area contributed by atoms with Crippen LogP contribution >= 0.6 is 11.3 Å². The number of aliphatic hydroxyl groups is 1. The molecule has 0 saturated carbocycles. The first kappa shape index (κ1) is 15.9. The monoisotopic (exact) mass is 327 g/mol. The number of nitrogens with one attached hydrogen (secondary N) is 1. The number of rotatable bonds is 6. The maximum atomic E-state index is 8.99. The van der Waals surface area contributed by atoms with Crippen LogP contribution in [-0.2, 0) is 6.42 Å². The van der Waals surface area contributed by atoms with Crippen LogP contribution in [0.2, 0.25) is 0 Å². The minimum Gasteiger partial charge on any atom is -0.396 e. The molecule has 0 aliphatic rings. The zero-order valence-electron chi connectivity index (χ0n) is 13.5. The van der Waals surface area contributed by atoms with Crippen LogP contribution in [0, 0.1) is 6.92 Å². The number of nitrogens with zero attached hydrogens (tertiary/aromatic N) is 2. The molecule has 3 aromatic rings. The fourth-order valence-electron chi connectivity index (χ4n) is 2.67. The third-order valence-corrected chi connectivity index (χ3v) is 5.09. The molecular formula is C18H21N3OS. The van der Waals surface area contributed by atoms with Crippen molar-refractivity contribution in [3.05, 3.63) is 41.0 Å². The van der Waals surface area contributed by atoms with Crippen molar-refractivity contribution in [2.75, 3.05) is 18.5 Å². The minimum atomic E-state index is 0.176. The van der Waals surface area contributed by atoms with Gasteiger partial charge in [-0.2, -0.15) is 0 Å². The van der Waals surface area contributed by atoms with Crippen molar-refractivity contribution in [2.45, 2.75) is 26.7 Å². The highest BCUT2D eigenvalue weighted by Crippen LogP contribution is 2.41. The lowest BCUT2D eigenvalue weighted by Gasteiger charge is -2.09. The fourth-order valence-corrected chi connectivity index (χ4v) is 3.77. The van der Waals surface area contributed by atoms with Crippen LogP contribution in [0.15, 0.2) is 30.6 Å². The van der Waals surface area contributed by atoms with Crippen molar-refractivity contribution in [3.63, 3.8) is 0 Å². The van der Waals surface area contributed by atoms with E-state index in [1.807, 2.05) is 0 Å². The van der Waals surface area contributed by atoms with E-state index in [2.05, 4.69) is 53.4 Å². The molecule has 23 heavy (non-hydrogen) atoms. The molecule has 0 fully saturated rings. The number of benzene rings is 1. The second-order valence-corrected chi connectivity index (χ2v) is 6.61. The highest BCUT2D eigenvalue weighted by Gasteiger charge is 2.17. The molecule has 0 saturated heterocycles. The number of aliphatic hydroxyl groups excluding tert-OH is 1. The van der Waals surface area contributed by atoms with Crippen molar-refractivity contribution in [1.82, 2.24) is 9.97 Å². The molecule has 5 heteroatoms. The zero-order valence-corrected chi connectivity index (χ0v) is 14.3. The molecule has 0 aliphatic carbocycles. The van der Waals surface area contributed by atoms with Gasteiger partial charge in [-0.05, 0) is 25.3 Å². The molecule has 3 rings (SSSR count). The Labute approximate surface area is 140 Å². The van der Waals surface area contributed by atoms with E-state index in [4.69, 9.17) is 5.11 Å². The molecule has 2 N–H and O–H groups in total. The number of aryl methyl sites for hydroxylation is 2. The van der Waals surface area contributed by atoms with Crippen LogP contribution in [0.1, 0.15) is 23.8 Å². The lowest BCUT2D eigenvalue weighted by molar-refractivity contribution is 0.292. The van der Waals surface area contributed by atoms with Crippen LogP contribution < -0.4 is 5.32 Å². The summed E-state index contributed by atoms with van der Waals surface area (Å²) in [5, 5.41) is 13.4. The normalized spacial score (nSPS) is 11.1. The summed E-state index contributed by atoms with van der Waals surface area (Å²) < 4.78 is 0. The van der Waals surface area contributed by atoms with Crippen molar-refractivity contribution >= 4 is 27.4 Å². The molecule has 120 valence electrons. The van der Waals surface area contributed by atoms with Gasteiger partial charge in [0, 0.05) is 23.6 Å². The SMILES string of the molecule is CCc1sc2ncnc(NCCCO)c2c1-c1ccc(C)cc1. The van der Waals surface area contributed by atoms with E-state index in [0.717, 1.165) is 22.5 Å². The van der Waals surface area contributed by atoms with E-state index >= 15 is 0 Å². The third-order valence-electron chi connectivity index (χ3n) is 3.85. The predicted molar refractivity (Wildman–Crippen MR) is 97.2 cm³/mol. The summed E-state index contributed by atoms with van der Waals surface area (Å²) in [6.07, 6.45) is 3.29. The maximum Gasteiger partial charge on any atom is 0.138 e. The number of hydrogen-bond acceptors (Lipinski definition) is 5. The van der Waals surface area contributed by atoms with Crippen molar-refractivity contribution in [3.8, 4) is 11.1 Å². The smallest absolute Gasteiger partial charge is 0.138 e. The number of aromatic nitrogens is 2. The van der Waals surface area contributed by atoms with Gasteiger partial charge < -0.3 is 10.4 Å². The van der Waals surface area contributed by atoms with Crippen molar-refractivity contribution in [2.24, 2.45) is 0 Å². The van der Waals surface area contributed by atoms with E-state index in [0.29, 0.717) is 13.0 Å². The fraction of sp³-hybridized carbons (Fsp3) is 0.333. The van der Waals surface area contributed by atoms with E-state index in [-0.39, 0.29) is 6.61 Å². The standard InChI is InChI=1S/C18H21N3OS/c1-3-14-15(13-7-5-12(2)6-8-13)16-17(19-9-4-10-22)20-11-21-18(16)23-14/h5-8,11,22H,3-4,9-10H2,1-2H3,(H,19,20,21). The molecule has 0 bridgehead atoms. The Morgan fingerprint density at radius 1 is 1.17 bits per heavy atom. The summed E-state index contributed by atoms with van der Waals surface area (Å²) in [5.74, 6) is 0.856. The lowest BCUT2D eigenvalue weighted by atomic mass is 10.0. The predicted octanol–water partition coefficient (Wildman–Crippen LogP) is 4.02. The average molecular weight is 327 g/mol. The molecular weight excluding hydrogens is 306 g/mol. The van der Waals surface area contributed by atoms with Gasteiger partial charge in [0.15, 0.2) is 0 Å². The average Bonchev–Trinajstić information content (AvgIpc) is 2.95. The molecule has 0 unspecified atom stereocenters. The minimum absolute atomic E-state index is 0.176. The van der Waals surface area contributed by atoms with Crippen LogP contribution in [0.5, 0.6) is 0 Å². The Morgan fingerprint density at radius 2 is 1.96 bits per heavy atom. The first-order valence-corrected chi connectivity index (χ1v) is 8.74. The van der Waals surface area contributed by atoms with Gasteiger partial charge in [-0.15, -0.1) is 11.3 Å². The molecule has 4 nitrogen and oxygen atoms in total. The van der Waals surface area contributed by atoms with Gasteiger partial charge in [-0.1, -0.05) is 36.8 Å². The maximum absolute atomic E-state index is 8.99. The first-order valence-electron chi connectivity index (χ1n) is 7.92. The summed E-state index contributed by atoms with van der Waals surface area (Å²) in [7, 11) is 0. The summed E-state index contributed by atoms with van der Waals surface area (Å²) in [4.78, 5) is 11.2. The molecule has 0 amide bonds. The molecule has 0 aliphatic heterocycles. The zero-order chi connectivity index (χ0) is 16.2. The quantitative estimate of drug-likeness (QED) is 0.671. The summed E-state index contributed by atoms with van der Waals surface area (Å²) in [6, 6.07) is 8.61. The van der Waals surface area contributed by atoms with Crippen molar-refractivity contribution < 1.29 is 5.11 Å². The first-order chi connectivity index (χ1) is 11.2. The molecule has 2 aromatic heterocycles. The number of anilines is 1. The third kappa shape index (κ3) is 3.21. The Kier molecular flexibility index (Phi) is 4.88. The van der Waals surface area contributed by atoms with Crippen LogP contribution in [0.25, 0.3) is 21.3 Å². The molecule has 0 spiro atoms. The van der Waals surface area contributed by atoms with Gasteiger partial charge in [-0.25, -0.2) is 9.97 Å². The molecule has 2 heterocycles. The van der Waals surface area contributed by atoms with Crippen LogP contribution in [0.3, 0.4) is 0 Å². The Morgan fingerprint density at radius 3 is 2.65 bits per heavy atom. The topological polar surface area (TPSA) is 58.0 Å². The Hall–Kier alpha value is -1.98. The number of hydrogen-bond donors (Lipinski definition) is 2. The molecule has 0 atom stereocenters. The van der Waals surface area contributed by atoms with Gasteiger partial charge >= 0.3 is 0 Å². The largest absolute Gasteiger partial charge is 0.396 e. The summed E-state index contributed by atoms with van der Waals surface area (Å²) in [6.45, 7) is 5.15. The summed E-state index contributed by atoms with van der Waals surface area (Å²) >= 11 is 1.74. The molecule has 0 radical (unpaired) electrons. The van der Waals surface area contributed by atoms with Gasteiger partial charge in [0.05, 0.1) is 5.39 Å². The van der Waals surface area contributed by atoms with Gasteiger partial charge in [-0.3, -0.25) is 0 Å². The van der Waals surface area contributed by atoms with E-state index < -0.39 is 0 Å². The Bertz CT molecular complexity index is 796. The second-order valence-electron chi connectivity index (χ2n) is 5.53. The Balaban J connectivity index is 2.15. The lowest BCUT2D eigenvalue weighted by Crippen LogP contribution is -2.05. The number of thiophene rings is 1. The number of fused-ring (bicyclic) bond motifs is 1. The van der Waals surface area contributed by atoms with Gasteiger partial charge in [0.25, 0.3) is 0 Å². The van der Waals surface area contributed by atoms with E-state index in [1.165, 1.54) is 21.6 Å². The highest BCUT2D eigenvalue weighted by molar-refractivity contribution is 7.19. The van der Waals surface area contributed by atoms with Crippen molar-refractivity contribution in [1.29, 1.82) is 0 Å². The van der Waals surface area contributed by atoms with Gasteiger partial charge in [0.1, 0.15) is 17.0 Å². The second kappa shape index (κ2) is 7.06. The highest BCUT2D eigenvalue weighted by atomic mass is 32.1. The summed E-state index contributed by atoms with van der Waals surface area (Å²) in [5.41, 5.74) is 3.70. The molecule has 1 aromatic carbocycles. The van der Waals surface area contributed by atoms with Crippen LogP contribution in [0.4, 0.5) is 5.82 Å². The van der Waals surface area contributed by atoms with E-state index in [1.54, 1.807) is 17.7 Å². The van der Waals surface area contributed by atoms with Crippen LogP contribution in [-0.4, -0.2) is 28.2 Å².